The molecule has 80 valence electrons. The van der Waals surface area contributed by atoms with Crippen LogP contribution in [0.15, 0.2) is 0 Å². The Morgan fingerprint density at radius 3 is 2.15 bits per heavy atom. The minimum atomic E-state index is 0.366. The summed E-state index contributed by atoms with van der Waals surface area (Å²) in [6, 6.07) is 0.645. The second-order valence-electron chi connectivity index (χ2n) is 4.88. The van der Waals surface area contributed by atoms with E-state index in [1.54, 1.807) is 0 Å². The Labute approximate surface area is 88.1 Å². The molecule has 0 aliphatic carbocycles. The van der Waals surface area contributed by atoms with Crippen molar-refractivity contribution in [3.63, 3.8) is 0 Å². The molecule has 0 rings (SSSR count). The van der Waals surface area contributed by atoms with Crippen molar-refractivity contribution in [2.45, 2.75) is 51.8 Å². The maximum atomic E-state index is 3.58. The molecule has 1 atom stereocenters. The molecule has 0 bridgehead atoms. The van der Waals surface area contributed by atoms with Gasteiger partial charge in [-0.1, -0.05) is 13.8 Å². The molecular weight excluding hydrogens is 178 g/mol. The van der Waals surface area contributed by atoms with Crippen molar-refractivity contribution in [3.05, 3.63) is 0 Å². The van der Waals surface area contributed by atoms with Gasteiger partial charge in [-0.25, -0.2) is 0 Å². The van der Waals surface area contributed by atoms with E-state index in [9.17, 15) is 0 Å². The third kappa shape index (κ3) is 7.39. The molecule has 0 saturated heterocycles. The summed E-state index contributed by atoms with van der Waals surface area (Å²) in [7, 11) is 0. The number of rotatable bonds is 6. The van der Waals surface area contributed by atoms with Crippen LogP contribution in [0.1, 0.15) is 41.0 Å². The molecule has 0 saturated carbocycles. The van der Waals surface area contributed by atoms with Crippen molar-refractivity contribution in [2.24, 2.45) is 5.92 Å². The molecule has 1 nitrogen and oxygen atoms in total. The monoisotopic (exact) mass is 203 g/mol. The van der Waals surface area contributed by atoms with Crippen LogP contribution in [0.4, 0.5) is 0 Å². The van der Waals surface area contributed by atoms with Gasteiger partial charge in [-0.15, -0.1) is 0 Å². The molecule has 0 heterocycles. The van der Waals surface area contributed by atoms with E-state index in [0.29, 0.717) is 10.8 Å². The topological polar surface area (TPSA) is 12.0 Å². The fourth-order valence-electron chi connectivity index (χ4n) is 1.28. The number of hydrogen-bond donors (Lipinski definition) is 1. The molecule has 0 aliphatic rings. The van der Waals surface area contributed by atoms with Crippen LogP contribution in [0.25, 0.3) is 0 Å². The normalized spacial score (nSPS) is 15.0. The van der Waals surface area contributed by atoms with Crippen LogP contribution in [0, 0.1) is 5.92 Å². The summed E-state index contributed by atoms with van der Waals surface area (Å²) in [5, 5.41) is 3.58. The Morgan fingerprint density at radius 2 is 1.77 bits per heavy atom. The lowest BCUT2D eigenvalue weighted by atomic mass is 10.0. The van der Waals surface area contributed by atoms with E-state index in [2.05, 4.69) is 46.2 Å². The first-order valence-electron chi connectivity index (χ1n) is 5.16. The molecule has 0 radical (unpaired) electrons. The molecule has 0 aromatic heterocycles. The summed E-state index contributed by atoms with van der Waals surface area (Å²) < 4.78 is 0.366. The van der Waals surface area contributed by atoms with Gasteiger partial charge in [0.05, 0.1) is 0 Å². The van der Waals surface area contributed by atoms with Gasteiger partial charge in [-0.3, -0.25) is 0 Å². The van der Waals surface area contributed by atoms with E-state index in [1.165, 1.54) is 6.42 Å². The highest BCUT2D eigenvalue weighted by atomic mass is 32.2. The summed E-state index contributed by atoms with van der Waals surface area (Å²) in [5.74, 6) is 0.792. The maximum Gasteiger partial charge on any atom is 0.0225 e. The lowest BCUT2D eigenvalue weighted by molar-refractivity contribution is 0.427. The third-order valence-electron chi connectivity index (χ3n) is 2.25. The molecule has 2 heteroatoms. The van der Waals surface area contributed by atoms with Crippen LogP contribution in [0.2, 0.25) is 0 Å². The Morgan fingerprint density at radius 1 is 1.23 bits per heavy atom. The summed E-state index contributed by atoms with van der Waals surface area (Å²) in [6.45, 7) is 12.5. The molecule has 0 aliphatic heterocycles. The van der Waals surface area contributed by atoms with Crippen molar-refractivity contribution in [2.75, 3.05) is 12.8 Å². The van der Waals surface area contributed by atoms with E-state index in [0.717, 1.165) is 12.5 Å². The number of hydrogen-bond acceptors (Lipinski definition) is 2. The zero-order valence-electron chi connectivity index (χ0n) is 9.98. The quantitative estimate of drug-likeness (QED) is 0.712. The molecular formula is C11H25NS. The van der Waals surface area contributed by atoms with E-state index in [4.69, 9.17) is 0 Å². The van der Waals surface area contributed by atoms with Crippen LogP contribution in [-0.2, 0) is 0 Å². The Balaban J connectivity index is 3.63. The summed E-state index contributed by atoms with van der Waals surface area (Å²) in [5.41, 5.74) is 0. The highest BCUT2D eigenvalue weighted by molar-refractivity contribution is 7.99. The van der Waals surface area contributed by atoms with Gasteiger partial charge in [-0.05, 0) is 39.4 Å². The van der Waals surface area contributed by atoms with Crippen LogP contribution in [-0.4, -0.2) is 23.6 Å². The average molecular weight is 203 g/mol. The average Bonchev–Trinajstić information content (AvgIpc) is 2.00. The van der Waals surface area contributed by atoms with Crippen LogP contribution in [0.5, 0.6) is 0 Å². The van der Waals surface area contributed by atoms with Crippen molar-refractivity contribution in [3.8, 4) is 0 Å². The SMILES string of the molecule is CSC(C)(C)CNC(C)CC(C)C. The molecule has 0 aromatic carbocycles. The van der Waals surface area contributed by atoms with E-state index < -0.39 is 0 Å². The Hall–Kier alpha value is 0.310. The molecule has 0 aromatic rings. The molecule has 0 amide bonds. The van der Waals surface area contributed by atoms with Crippen molar-refractivity contribution in [1.82, 2.24) is 5.32 Å². The highest BCUT2D eigenvalue weighted by Gasteiger charge is 2.16. The summed E-state index contributed by atoms with van der Waals surface area (Å²) in [4.78, 5) is 0. The molecule has 1 N–H and O–H groups in total. The highest BCUT2D eigenvalue weighted by Crippen LogP contribution is 2.20. The van der Waals surface area contributed by atoms with Gasteiger partial charge in [0.25, 0.3) is 0 Å². The zero-order valence-corrected chi connectivity index (χ0v) is 10.8. The molecule has 1 unspecified atom stereocenters. The van der Waals surface area contributed by atoms with Gasteiger partial charge in [0.2, 0.25) is 0 Å². The van der Waals surface area contributed by atoms with Gasteiger partial charge >= 0.3 is 0 Å². The van der Waals surface area contributed by atoms with Crippen molar-refractivity contribution in [1.29, 1.82) is 0 Å². The van der Waals surface area contributed by atoms with Crippen LogP contribution >= 0.6 is 11.8 Å². The predicted molar refractivity (Wildman–Crippen MR) is 64.5 cm³/mol. The Bertz CT molecular complexity index is 132. The van der Waals surface area contributed by atoms with E-state index in [-0.39, 0.29) is 0 Å². The lowest BCUT2D eigenvalue weighted by Crippen LogP contribution is -2.37. The second kappa shape index (κ2) is 5.92. The van der Waals surface area contributed by atoms with Crippen LogP contribution in [0.3, 0.4) is 0 Å². The van der Waals surface area contributed by atoms with E-state index >= 15 is 0 Å². The molecule has 0 fully saturated rings. The third-order valence-corrected chi connectivity index (χ3v) is 3.50. The second-order valence-corrected chi connectivity index (χ2v) is 6.39. The standard InChI is InChI=1S/C11H25NS/c1-9(2)7-10(3)12-8-11(4,5)13-6/h9-10,12H,7-8H2,1-6H3. The number of nitrogens with one attached hydrogen (secondary N) is 1. The van der Waals surface area contributed by atoms with Gasteiger partial charge in [0.15, 0.2) is 0 Å². The molecule has 0 spiro atoms. The fraction of sp³-hybridized carbons (Fsp3) is 1.00. The number of thioether (sulfide) groups is 1. The van der Waals surface area contributed by atoms with Crippen molar-refractivity contribution >= 4 is 11.8 Å². The predicted octanol–water partition coefficient (Wildman–Crippen LogP) is 3.15. The van der Waals surface area contributed by atoms with E-state index in [1.807, 2.05) is 11.8 Å². The minimum absolute atomic E-state index is 0.366. The zero-order chi connectivity index (χ0) is 10.5. The largest absolute Gasteiger partial charge is 0.313 e. The molecule has 13 heavy (non-hydrogen) atoms. The van der Waals surface area contributed by atoms with Gasteiger partial charge in [0, 0.05) is 17.3 Å². The lowest BCUT2D eigenvalue weighted by Gasteiger charge is -2.25. The maximum absolute atomic E-state index is 3.58. The van der Waals surface area contributed by atoms with Gasteiger partial charge < -0.3 is 5.32 Å². The minimum Gasteiger partial charge on any atom is -0.313 e. The first-order valence-corrected chi connectivity index (χ1v) is 6.38. The van der Waals surface area contributed by atoms with Gasteiger partial charge in [-0.2, -0.15) is 11.8 Å². The first-order chi connectivity index (χ1) is 5.87. The van der Waals surface area contributed by atoms with Crippen molar-refractivity contribution < 1.29 is 0 Å². The summed E-state index contributed by atoms with van der Waals surface area (Å²) in [6.07, 6.45) is 3.44. The Kier molecular flexibility index (Phi) is 6.06. The fourth-order valence-corrected chi connectivity index (χ4v) is 1.51. The van der Waals surface area contributed by atoms with Crippen LogP contribution < -0.4 is 5.32 Å². The smallest absolute Gasteiger partial charge is 0.0225 e. The summed E-state index contributed by atoms with van der Waals surface area (Å²) >= 11 is 1.93. The van der Waals surface area contributed by atoms with Gasteiger partial charge in [0.1, 0.15) is 0 Å². The first kappa shape index (κ1) is 13.3.